The number of aliphatic hydroxyl groups is 1. The van der Waals surface area contributed by atoms with E-state index in [2.05, 4.69) is 4.74 Å². The Morgan fingerprint density at radius 1 is 1.13 bits per heavy atom. The van der Waals surface area contributed by atoms with E-state index in [-0.39, 0.29) is 17.6 Å². The van der Waals surface area contributed by atoms with Crippen molar-refractivity contribution in [2.45, 2.75) is 52.0 Å². The second kappa shape index (κ2) is 8.91. The van der Waals surface area contributed by atoms with Crippen molar-refractivity contribution in [3.63, 3.8) is 0 Å². The van der Waals surface area contributed by atoms with Gasteiger partial charge in [0, 0.05) is 19.0 Å². The topological polar surface area (TPSA) is 49.8 Å². The highest BCUT2D eigenvalue weighted by Crippen LogP contribution is 2.36. The number of carbonyl (C=O) groups is 1. The fourth-order valence-corrected chi connectivity index (χ4v) is 4.20. The van der Waals surface area contributed by atoms with Crippen LogP contribution in [-0.4, -0.2) is 35.4 Å². The van der Waals surface area contributed by atoms with Gasteiger partial charge < -0.3 is 14.7 Å². The number of halogens is 3. The molecule has 1 heterocycles. The minimum atomic E-state index is -4.72. The Kier molecular flexibility index (Phi) is 6.65. The number of hydrogen-bond donors (Lipinski definition) is 1. The van der Waals surface area contributed by atoms with Gasteiger partial charge in [-0.05, 0) is 67.5 Å². The number of likely N-dealkylation sites (tertiary alicyclic amines) is 1. The maximum atomic E-state index is 12.9. The summed E-state index contributed by atoms with van der Waals surface area (Å²) in [7, 11) is 0. The molecule has 1 unspecified atom stereocenters. The molecule has 1 amide bonds. The van der Waals surface area contributed by atoms with Crippen molar-refractivity contribution < 1.29 is 27.8 Å². The summed E-state index contributed by atoms with van der Waals surface area (Å²) >= 11 is 0. The van der Waals surface area contributed by atoms with Gasteiger partial charge in [-0.1, -0.05) is 37.3 Å². The number of ether oxygens (including phenoxy) is 1. The molecule has 3 rings (SSSR count). The molecule has 1 aliphatic rings. The standard InChI is InChI=1S/C24H28F3NO3/c1-16-5-4-6-21(18(16)3)23(30)11-13-28(14-12-23)22(29)17(2)15-19-7-9-20(10-8-19)31-24(25,26)27/h4-10,17,30H,11-15H2,1-3H3. The smallest absolute Gasteiger partial charge is 0.406 e. The summed E-state index contributed by atoms with van der Waals surface area (Å²) in [6.45, 7) is 6.77. The Bertz CT molecular complexity index is 917. The van der Waals surface area contributed by atoms with Crippen LogP contribution in [0.2, 0.25) is 0 Å². The van der Waals surface area contributed by atoms with E-state index in [1.54, 1.807) is 17.0 Å². The van der Waals surface area contributed by atoms with E-state index in [0.29, 0.717) is 32.4 Å². The minimum Gasteiger partial charge on any atom is -0.406 e. The first-order valence-electron chi connectivity index (χ1n) is 10.4. The molecule has 1 aliphatic heterocycles. The van der Waals surface area contributed by atoms with Gasteiger partial charge in [0.1, 0.15) is 5.75 Å². The van der Waals surface area contributed by atoms with E-state index >= 15 is 0 Å². The van der Waals surface area contributed by atoms with Gasteiger partial charge >= 0.3 is 6.36 Å². The lowest BCUT2D eigenvalue weighted by molar-refractivity contribution is -0.274. The number of carbonyl (C=O) groups excluding carboxylic acids is 1. The predicted molar refractivity (Wildman–Crippen MR) is 112 cm³/mol. The monoisotopic (exact) mass is 435 g/mol. The van der Waals surface area contributed by atoms with E-state index in [1.165, 1.54) is 12.1 Å². The van der Waals surface area contributed by atoms with Crippen molar-refractivity contribution in [2.75, 3.05) is 13.1 Å². The molecule has 1 N–H and O–H groups in total. The van der Waals surface area contributed by atoms with Gasteiger partial charge in [0.25, 0.3) is 0 Å². The lowest BCUT2D eigenvalue weighted by atomic mass is 9.81. The van der Waals surface area contributed by atoms with Gasteiger partial charge in [-0.15, -0.1) is 13.2 Å². The SMILES string of the molecule is Cc1cccc(C2(O)CCN(C(=O)C(C)Cc3ccc(OC(F)(F)F)cc3)CC2)c1C. The van der Waals surface area contributed by atoms with Crippen LogP contribution in [0.1, 0.15) is 42.0 Å². The second-order valence-electron chi connectivity index (χ2n) is 8.40. The summed E-state index contributed by atoms with van der Waals surface area (Å²) in [5.74, 6) is -0.614. The molecule has 2 aromatic rings. The molecular formula is C24H28F3NO3. The van der Waals surface area contributed by atoms with Crippen LogP contribution in [0.25, 0.3) is 0 Å². The van der Waals surface area contributed by atoms with Crippen molar-refractivity contribution in [1.29, 1.82) is 0 Å². The third-order valence-electron chi connectivity index (χ3n) is 6.13. The van der Waals surface area contributed by atoms with E-state index in [4.69, 9.17) is 0 Å². The summed E-state index contributed by atoms with van der Waals surface area (Å²) < 4.78 is 40.7. The molecule has 0 spiro atoms. The van der Waals surface area contributed by atoms with E-state index in [1.807, 2.05) is 39.0 Å². The first-order chi connectivity index (χ1) is 14.5. The Morgan fingerprint density at radius 2 is 1.74 bits per heavy atom. The zero-order valence-electron chi connectivity index (χ0n) is 18.0. The van der Waals surface area contributed by atoms with Crippen LogP contribution >= 0.6 is 0 Å². The average molecular weight is 435 g/mol. The Morgan fingerprint density at radius 3 is 2.32 bits per heavy atom. The third kappa shape index (κ3) is 5.58. The molecule has 1 saturated heterocycles. The number of aryl methyl sites for hydroxylation is 1. The van der Waals surface area contributed by atoms with Crippen LogP contribution in [0.3, 0.4) is 0 Å². The van der Waals surface area contributed by atoms with Crippen molar-refractivity contribution in [3.8, 4) is 5.75 Å². The number of alkyl halides is 3. The molecule has 7 heteroatoms. The van der Waals surface area contributed by atoms with E-state index < -0.39 is 12.0 Å². The molecule has 0 aromatic heterocycles. The van der Waals surface area contributed by atoms with Crippen LogP contribution in [0.15, 0.2) is 42.5 Å². The van der Waals surface area contributed by atoms with E-state index in [0.717, 1.165) is 22.3 Å². The van der Waals surface area contributed by atoms with Crippen molar-refractivity contribution in [2.24, 2.45) is 5.92 Å². The molecule has 168 valence electrons. The number of rotatable bonds is 5. The normalized spacial score (nSPS) is 17.3. The lowest BCUT2D eigenvalue weighted by Crippen LogP contribution is -2.47. The number of hydrogen-bond acceptors (Lipinski definition) is 3. The van der Waals surface area contributed by atoms with Crippen molar-refractivity contribution in [1.82, 2.24) is 4.90 Å². The molecule has 0 saturated carbocycles. The number of benzene rings is 2. The fourth-order valence-electron chi connectivity index (χ4n) is 4.20. The van der Waals surface area contributed by atoms with Crippen LogP contribution < -0.4 is 4.74 Å². The van der Waals surface area contributed by atoms with Gasteiger partial charge in [0.15, 0.2) is 0 Å². The summed E-state index contributed by atoms with van der Waals surface area (Å²) in [5, 5.41) is 11.2. The van der Waals surface area contributed by atoms with Crippen LogP contribution in [0.4, 0.5) is 13.2 Å². The molecule has 0 aliphatic carbocycles. The van der Waals surface area contributed by atoms with Gasteiger partial charge in [-0.2, -0.15) is 0 Å². The van der Waals surface area contributed by atoms with Gasteiger partial charge in [-0.25, -0.2) is 0 Å². The average Bonchev–Trinajstić information content (AvgIpc) is 2.70. The zero-order valence-corrected chi connectivity index (χ0v) is 18.0. The number of piperidine rings is 1. The van der Waals surface area contributed by atoms with Gasteiger partial charge in [0.05, 0.1) is 5.60 Å². The Labute approximate surface area is 180 Å². The minimum absolute atomic E-state index is 0.0152. The number of nitrogens with zero attached hydrogens (tertiary/aromatic N) is 1. The fraction of sp³-hybridized carbons (Fsp3) is 0.458. The second-order valence-corrected chi connectivity index (χ2v) is 8.40. The first kappa shape index (κ1) is 23.1. The summed E-state index contributed by atoms with van der Waals surface area (Å²) in [5.41, 5.74) is 2.96. The largest absolute Gasteiger partial charge is 0.573 e. The highest BCUT2D eigenvalue weighted by atomic mass is 19.4. The summed E-state index contributed by atoms with van der Waals surface area (Å²) in [6, 6.07) is 11.5. The lowest BCUT2D eigenvalue weighted by Gasteiger charge is -2.40. The third-order valence-corrected chi connectivity index (χ3v) is 6.13. The van der Waals surface area contributed by atoms with Crippen molar-refractivity contribution in [3.05, 3.63) is 64.7 Å². The summed E-state index contributed by atoms with van der Waals surface area (Å²) in [6.07, 6.45) is -3.36. The quantitative estimate of drug-likeness (QED) is 0.728. The molecule has 0 bridgehead atoms. The maximum absolute atomic E-state index is 12.9. The molecule has 2 aromatic carbocycles. The number of amides is 1. The maximum Gasteiger partial charge on any atom is 0.573 e. The summed E-state index contributed by atoms with van der Waals surface area (Å²) in [4.78, 5) is 14.7. The molecule has 31 heavy (non-hydrogen) atoms. The Hall–Kier alpha value is -2.54. The predicted octanol–water partition coefficient (Wildman–Crippen LogP) is 4.89. The molecule has 4 nitrogen and oxygen atoms in total. The highest BCUT2D eigenvalue weighted by Gasteiger charge is 2.37. The first-order valence-corrected chi connectivity index (χ1v) is 10.4. The molecule has 1 fully saturated rings. The zero-order chi connectivity index (χ0) is 22.8. The van der Waals surface area contributed by atoms with Gasteiger partial charge in [0.2, 0.25) is 5.91 Å². The molecule has 0 radical (unpaired) electrons. The van der Waals surface area contributed by atoms with E-state index in [9.17, 15) is 23.1 Å². The Balaban J connectivity index is 1.58. The van der Waals surface area contributed by atoms with Crippen LogP contribution in [-0.2, 0) is 16.8 Å². The molecule has 1 atom stereocenters. The van der Waals surface area contributed by atoms with Crippen molar-refractivity contribution >= 4 is 5.91 Å². The van der Waals surface area contributed by atoms with Crippen LogP contribution in [0.5, 0.6) is 5.75 Å². The van der Waals surface area contributed by atoms with Gasteiger partial charge in [-0.3, -0.25) is 4.79 Å². The molecular weight excluding hydrogens is 407 g/mol. The highest BCUT2D eigenvalue weighted by molar-refractivity contribution is 5.79. The van der Waals surface area contributed by atoms with Crippen LogP contribution in [0, 0.1) is 19.8 Å².